The minimum absolute atomic E-state index is 0.0803. The molecule has 0 saturated carbocycles. The summed E-state index contributed by atoms with van der Waals surface area (Å²) in [5.41, 5.74) is 1.34. The largest absolute Gasteiger partial charge is 0.493 e. The Kier molecular flexibility index (Phi) is 7.17. The van der Waals surface area contributed by atoms with Crippen LogP contribution in [0.2, 0.25) is 0 Å². The van der Waals surface area contributed by atoms with Crippen LogP contribution in [0.5, 0.6) is 11.5 Å². The standard InChI is InChI=1S/C21H20N2O5/c1-4-28-18-10-5-14(12-19(18)26-2)11-16(13-22)20(24)23-17-8-6-15(7-9-17)21(25)27-3/h5-12H,4H2,1-3H3,(H,23,24)/b16-11+. The Morgan fingerprint density at radius 2 is 1.82 bits per heavy atom. The van der Waals surface area contributed by atoms with Gasteiger partial charge >= 0.3 is 5.97 Å². The second kappa shape index (κ2) is 9.78. The second-order valence-electron chi connectivity index (χ2n) is 5.54. The van der Waals surface area contributed by atoms with Gasteiger partial charge in [-0.1, -0.05) is 6.07 Å². The minimum Gasteiger partial charge on any atom is -0.493 e. The van der Waals surface area contributed by atoms with Crippen molar-refractivity contribution in [1.82, 2.24) is 0 Å². The molecular formula is C21H20N2O5. The first-order valence-electron chi connectivity index (χ1n) is 8.44. The van der Waals surface area contributed by atoms with Gasteiger partial charge < -0.3 is 19.5 Å². The average molecular weight is 380 g/mol. The van der Waals surface area contributed by atoms with Crippen molar-refractivity contribution in [1.29, 1.82) is 5.26 Å². The summed E-state index contributed by atoms with van der Waals surface area (Å²) in [5.74, 6) is 0.0450. The summed E-state index contributed by atoms with van der Waals surface area (Å²) in [5, 5.41) is 12.0. The Bertz CT molecular complexity index is 927. The van der Waals surface area contributed by atoms with E-state index in [-0.39, 0.29) is 5.57 Å². The van der Waals surface area contributed by atoms with Gasteiger partial charge in [-0.25, -0.2) is 4.79 Å². The molecule has 0 fully saturated rings. The Morgan fingerprint density at radius 1 is 1.11 bits per heavy atom. The van der Waals surface area contributed by atoms with Gasteiger partial charge in [-0.3, -0.25) is 4.79 Å². The number of anilines is 1. The van der Waals surface area contributed by atoms with E-state index in [1.54, 1.807) is 30.3 Å². The zero-order valence-corrected chi connectivity index (χ0v) is 15.8. The first-order chi connectivity index (χ1) is 13.5. The third-order valence-electron chi connectivity index (χ3n) is 3.73. The maximum Gasteiger partial charge on any atom is 0.337 e. The fourth-order valence-corrected chi connectivity index (χ4v) is 2.37. The highest BCUT2D eigenvalue weighted by Crippen LogP contribution is 2.29. The van der Waals surface area contributed by atoms with Crippen molar-refractivity contribution in [3.8, 4) is 17.6 Å². The highest BCUT2D eigenvalue weighted by molar-refractivity contribution is 6.09. The number of methoxy groups -OCH3 is 2. The molecule has 0 bridgehead atoms. The third-order valence-corrected chi connectivity index (χ3v) is 3.73. The zero-order chi connectivity index (χ0) is 20.5. The summed E-state index contributed by atoms with van der Waals surface area (Å²) < 4.78 is 15.4. The number of esters is 1. The molecule has 144 valence electrons. The predicted molar refractivity (Wildman–Crippen MR) is 104 cm³/mol. The fraction of sp³-hybridized carbons (Fsp3) is 0.190. The Morgan fingerprint density at radius 3 is 2.39 bits per heavy atom. The van der Waals surface area contributed by atoms with Crippen LogP contribution in [0.1, 0.15) is 22.8 Å². The molecule has 0 aliphatic heterocycles. The molecule has 2 aromatic carbocycles. The van der Waals surface area contributed by atoms with Crippen molar-refractivity contribution in [3.63, 3.8) is 0 Å². The summed E-state index contributed by atoms with van der Waals surface area (Å²) in [6, 6.07) is 13.2. The number of ether oxygens (including phenoxy) is 3. The van der Waals surface area contributed by atoms with Crippen molar-refractivity contribution >= 4 is 23.6 Å². The molecular weight excluding hydrogens is 360 g/mol. The molecule has 1 N–H and O–H groups in total. The molecule has 0 saturated heterocycles. The van der Waals surface area contributed by atoms with E-state index >= 15 is 0 Å². The Balaban J connectivity index is 2.19. The molecule has 1 amide bonds. The van der Waals surface area contributed by atoms with Crippen molar-refractivity contribution in [2.75, 3.05) is 26.1 Å². The lowest BCUT2D eigenvalue weighted by Crippen LogP contribution is -2.13. The first kappa shape index (κ1) is 20.5. The lowest BCUT2D eigenvalue weighted by Gasteiger charge is -2.10. The van der Waals surface area contributed by atoms with E-state index in [0.29, 0.717) is 34.9 Å². The molecule has 0 aromatic heterocycles. The summed E-state index contributed by atoms with van der Waals surface area (Å²) in [4.78, 5) is 23.8. The number of hydrogen-bond donors (Lipinski definition) is 1. The molecule has 0 aliphatic rings. The van der Waals surface area contributed by atoms with Crippen LogP contribution in [0.3, 0.4) is 0 Å². The summed E-state index contributed by atoms with van der Waals surface area (Å²) >= 11 is 0. The number of nitriles is 1. The van der Waals surface area contributed by atoms with E-state index in [0.717, 1.165) is 0 Å². The van der Waals surface area contributed by atoms with Crippen molar-refractivity contribution in [2.24, 2.45) is 0 Å². The van der Waals surface area contributed by atoms with Crippen LogP contribution >= 0.6 is 0 Å². The van der Waals surface area contributed by atoms with Crippen molar-refractivity contribution in [2.45, 2.75) is 6.92 Å². The van der Waals surface area contributed by atoms with Gasteiger partial charge in [0.1, 0.15) is 11.6 Å². The summed E-state index contributed by atoms with van der Waals surface area (Å²) in [7, 11) is 2.80. The topological polar surface area (TPSA) is 97.7 Å². The number of hydrogen-bond acceptors (Lipinski definition) is 6. The van der Waals surface area contributed by atoms with Crippen molar-refractivity contribution < 1.29 is 23.8 Å². The molecule has 0 atom stereocenters. The summed E-state index contributed by atoms with van der Waals surface area (Å²) in [6.07, 6.45) is 1.45. The molecule has 0 spiro atoms. The van der Waals surface area contributed by atoms with E-state index in [4.69, 9.17) is 9.47 Å². The molecule has 28 heavy (non-hydrogen) atoms. The Labute approximate surface area is 163 Å². The molecule has 7 heteroatoms. The van der Waals surface area contributed by atoms with E-state index in [2.05, 4.69) is 10.1 Å². The van der Waals surface area contributed by atoms with Gasteiger partial charge in [0.2, 0.25) is 0 Å². The van der Waals surface area contributed by atoms with Crippen LogP contribution in [0.25, 0.3) is 6.08 Å². The van der Waals surface area contributed by atoms with Crippen LogP contribution in [0.15, 0.2) is 48.0 Å². The SMILES string of the molecule is CCOc1ccc(/C=C(\C#N)C(=O)Nc2ccc(C(=O)OC)cc2)cc1OC. The predicted octanol–water partition coefficient (Wildman–Crippen LogP) is 3.43. The number of amides is 1. The molecule has 0 aliphatic carbocycles. The van der Waals surface area contributed by atoms with Crippen LogP contribution in [-0.4, -0.2) is 32.7 Å². The van der Waals surface area contributed by atoms with E-state index in [1.165, 1.54) is 32.4 Å². The van der Waals surface area contributed by atoms with Gasteiger partial charge in [-0.05, 0) is 55.0 Å². The molecule has 7 nitrogen and oxygen atoms in total. The van der Waals surface area contributed by atoms with Gasteiger partial charge in [-0.2, -0.15) is 5.26 Å². The first-order valence-corrected chi connectivity index (χ1v) is 8.44. The molecule has 0 unspecified atom stereocenters. The average Bonchev–Trinajstić information content (AvgIpc) is 2.72. The number of carbonyl (C=O) groups is 2. The molecule has 0 heterocycles. The normalized spacial score (nSPS) is 10.6. The van der Waals surface area contributed by atoms with Crippen LogP contribution in [-0.2, 0) is 9.53 Å². The number of carbonyl (C=O) groups excluding carboxylic acids is 2. The van der Waals surface area contributed by atoms with E-state index in [1.807, 2.05) is 13.0 Å². The zero-order valence-electron chi connectivity index (χ0n) is 15.8. The third kappa shape index (κ3) is 5.11. The highest BCUT2D eigenvalue weighted by Gasteiger charge is 2.12. The van der Waals surface area contributed by atoms with Crippen molar-refractivity contribution in [3.05, 3.63) is 59.2 Å². The minimum atomic E-state index is -0.568. The van der Waals surface area contributed by atoms with Gasteiger partial charge in [0.05, 0.1) is 26.4 Å². The number of nitrogens with one attached hydrogen (secondary N) is 1. The highest BCUT2D eigenvalue weighted by atomic mass is 16.5. The van der Waals surface area contributed by atoms with E-state index in [9.17, 15) is 14.9 Å². The van der Waals surface area contributed by atoms with Gasteiger partial charge in [0, 0.05) is 5.69 Å². The Hall–Kier alpha value is -3.79. The van der Waals surface area contributed by atoms with Crippen LogP contribution in [0, 0.1) is 11.3 Å². The maximum atomic E-state index is 12.4. The number of nitrogens with zero attached hydrogens (tertiary/aromatic N) is 1. The number of benzene rings is 2. The number of rotatable bonds is 7. The molecule has 2 aromatic rings. The lowest BCUT2D eigenvalue weighted by atomic mass is 10.1. The lowest BCUT2D eigenvalue weighted by molar-refractivity contribution is -0.112. The van der Waals surface area contributed by atoms with Crippen LogP contribution < -0.4 is 14.8 Å². The smallest absolute Gasteiger partial charge is 0.337 e. The van der Waals surface area contributed by atoms with Gasteiger partial charge in [0.25, 0.3) is 5.91 Å². The van der Waals surface area contributed by atoms with Crippen LogP contribution in [0.4, 0.5) is 5.69 Å². The van der Waals surface area contributed by atoms with E-state index < -0.39 is 11.9 Å². The molecule has 2 rings (SSSR count). The molecule has 0 radical (unpaired) electrons. The fourth-order valence-electron chi connectivity index (χ4n) is 2.37. The van der Waals surface area contributed by atoms with Gasteiger partial charge in [-0.15, -0.1) is 0 Å². The monoisotopic (exact) mass is 380 g/mol. The quantitative estimate of drug-likeness (QED) is 0.449. The summed E-state index contributed by atoms with van der Waals surface area (Å²) in [6.45, 7) is 2.36. The second-order valence-corrected chi connectivity index (χ2v) is 5.54. The maximum absolute atomic E-state index is 12.4. The van der Waals surface area contributed by atoms with Gasteiger partial charge in [0.15, 0.2) is 11.5 Å².